The van der Waals surface area contributed by atoms with E-state index in [0.717, 1.165) is 0 Å². The van der Waals surface area contributed by atoms with Gasteiger partial charge in [-0.15, -0.1) is 11.6 Å². The van der Waals surface area contributed by atoms with Crippen molar-refractivity contribution < 1.29 is 23.9 Å². The van der Waals surface area contributed by atoms with Crippen LogP contribution in [0.25, 0.3) is 0 Å². The van der Waals surface area contributed by atoms with Crippen LogP contribution in [0.3, 0.4) is 0 Å². The summed E-state index contributed by atoms with van der Waals surface area (Å²) in [6.07, 6.45) is 0.383. The van der Waals surface area contributed by atoms with E-state index >= 15 is 0 Å². The molecule has 0 fully saturated rings. The number of carbonyl (C=O) groups excluding carboxylic acids is 3. The van der Waals surface area contributed by atoms with E-state index in [9.17, 15) is 14.4 Å². The molecule has 1 aromatic rings. The average molecular weight is 354 g/mol. The summed E-state index contributed by atoms with van der Waals surface area (Å²) in [5, 5.41) is -0.691. The third-order valence-corrected chi connectivity index (χ3v) is 3.94. The minimum Gasteiger partial charge on any atom is -0.482 e. The molecule has 0 radical (unpaired) electrons. The van der Waals surface area contributed by atoms with E-state index in [0.29, 0.717) is 23.4 Å². The highest BCUT2D eigenvalue weighted by Gasteiger charge is 2.36. The van der Waals surface area contributed by atoms with Crippen molar-refractivity contribution in [1.82, 2.24) is 0 Å². The van der Waals surface area contributed by atoms with Crippen molar-refractivity contribution in [2.75, 3.05) is 18.1 Å². The Hall–Kier alpha value is -2.08. The number of halogens is 1. The molecule has 130 valence electrons. The molecular weight excluding hydrogens is 334 g/mol. The van der Waals surface area contributed by atoms with Gasteiger partial charge in [-0.1, -0.05) is 6.92 Å². The SMILES string of the molecule is CCOC(=O)C(CC)N1C(=O)COc2ccc(C(=O)C(C)Cl)cc21. The predicted molar refractivity (Wildman–Crippen MR) is 89.8 cm³/mol. The van der Waals surface area contributed by atoms with Crippen LogP contribution >= 0.6 is 11.6 Å². The first kappa shape index (κ1) is 18.3. The number of Topliss-reactive ketones (excluding diaryl/α,β-unsaturated/α-hetero) is 1. The van der Waals surface area contributed by atoms with Gasteiger partial charge in [0.2, 0.25) is 0 Å². The van der Waals surface area contributed by atoms with E-state index in [2.05, 4.69) is 0 Å². The summed E-state index contributed by atoms with van der Waals surface area (Å²) in [4.78, 5) is 38.1. The summed E-state index contributed by atoms with van der Waals surface area (Å²) in [5.41, 5.74) is 0.743. The zero-order chi connectivity index (χ0) is 17.9. The summed E-state index contributed by atoms with van der Waals surface area (Å²) in [7, 11) is 0. The molecule has 2 atom stereocenters. The first-order valence-electron chi connectivity index (χ1n) is 7.84. The van der Waals surface area contributed by atoms with Crippen molar-refractivity contribution in [2.24, 2.45) is 0 Å². The van der Waals surface area contributed by atoms with Crippen molar-refractivity contribution >= 4 is 34.9 Å². The number of ether oxygens (including phenoxy) is 2. The molecule has 2 rings (SSSR count). The maximum atomic E-state index is 12.4. The Morgan fingerprint density at radius 1 is 1.38 bits per heavy atom. The summed E-state index contributed by atoms with van der Waals surface area (Å²) in [6, 6.07) is 3.98. The van der Waals surface area contributed by atoms with E-state index < -0.39 is 17.4 Å². The molecule has 6 nitrogen and oxygen atoms in total. The van der Waals surface area contributed by atoms with Crippen LogP contribution in [0.2, 0.25) is 0 Å². The van der Waals surface area contributed by atoms with Gasteiger partial charge in [-0.25, -0.2) is 4.79 Å². The lowest BCUT2D eigenvalue weighted by atomic mass is 10.0. The maximum absolute atomic E-state index is 12.4. The van der Waals surface area contributed by atoms with E-state index in [1.165, 1.54) is 11.0 Å². The molecule has 24 heavy (non-hydrogen) atoms. The maximum Gasteiger partial charge on any atom is 0.329 e. The molecule has 0 bridgehead atoms. The lowest BCUT2D eigenvalue weighted by Crippen LogP contribution is -2.49. The average Bonchev–Trinajstić information content (AvgIpc) is 2.56. The second-order valence-electron chi connectivity index (χ2n) is 5.39. The van der Waals surface area contributed by atoms with E-state index in [1.54, 1.807) is 32.9 Å². The van der Waals surface area contributed by atoms with Gasteiger partial charge in [0.25, 0.3) is 5.91 Å². The summed E-state index contributed by atoms with van der Waals surface area (Å²) < 4.78 is 10.5. The standard InChI is InChI=1S/C17H20ClNO5/c1-4-12(17(22)23-5-2)19-13-8-11(16(21)10(3)18)6-7-14(13)24-9-15(19)20/h6-8,10,12H,4-5,9H2,1-3H3. The van der Waals surface area contributed by atoms with Gasteiger partial charge in [0.15, 0.2) is 12.4 Å². The van der Waals surface area contributed by atoms with Gasteiger partial charge in [0.05, 0.1) is 17.7 Å². The molecule has 1 aliphatic rings. The van der Waals surface area contributed by atoms with Gasteiger partial charge < -0.3 is 9.47 Å². The number of fused-ring (bicyclic) bond motifs is 1. The van der Waals surface area contributed by atoms with Gasteiger partial charge in [-0.3, -0.25) is 14.5 Å². The Morgan fingerprint density at radius 2 is 2.08 bits per heavy atom. The lowest BCUT2D eigenvalue weighted by molar-refractivity contribution is -0.146. The second-order valence-corrected chi connectivity index (χ2v) is 6.05. The van der Waals surface area contributed by atoms with Gasteiger partial charge >= 0.3 is 5.97 Å². The molecule has 1 aromatic carbocycles. The number of benzene rings is 1. The minimum atomic E-state index is -0.765. The van der Waals surface area contributed by atoms with Crippen LogP contribution in [0.15, 0.2) is 18.2 Å². The number of ketones is 1. The number of anilines is 1. The first-order valence-corrected chi connectivity index (χ1v) is 8.28. The summed E-state index contributed by atoms with van der Waals surface area (Å²) in [5.74, 6) is -0.660. The third kappa shape index (κ3) is 3.53. The fraction of sp³-hybridized carbons (Fsp3) is 0.471. The zero-order valence-electron chi connectivity index (χ0n) is 13.9. The van der Waals surface area contributed by atoms with Gasteiger partial charge in [0.1, 0.15) is 11.8 Å². The number of amides is 1. The Kier molecular flexibility index (Phi) is 5.83. The lowest BCUT2D eigenvalue weighted by Gasteiger charge is -2.34. The van der Waals surface area contributed by atoms with E-state index in [-0.39, 0.29) is 24.9 Å². The molecule has 0 saturated heterocycles. The fourth-order valence-electron chi connectivity index (χ4n) is 2.59. The summed E-state index contributed by atoms with van der Waals surface area (Å²) >= 11 is 5.86. The quantitative estimate of drug-likeness (QED) is 0.446. The van der Waals surface area contributed by atoms with Crippen molar-refractivity contribution in [3.63, 3.8) is 0 Å². The van der Waals surface area contributed by atoms with Crippen LogP contribution in [-0.4, -0.2) is 42.3 Å². The third-order valence-electron chi connectivity index (χ3n) is 3.74. The fourth-order valence-corrected chi connectivity index (χ4v) is 2.71. The van der Waals surface area contributed by atoms with Crippen LogP contribution < -0.4 is 9.64 Å². The van der Waals surface area contributed by atoms with Crippen LogP contribution in [0.4, 0.5) is 5.69 Å². The molecule has 2 unspecified atom stereocenters. The van der Waals surface area contributed by atoms with Crippen molar-refractivity contribution in [2.45, 2.75) is 38.6 Å². The smallest absolute Gasteiger partial charge is 0.329 e. The molecule has 0 N–H and O–H groups in total. The topological polar surface area (TPSA) is 72.9 Å². The number of hydrogen-bond acceptors (Lipinski definition) is 5. The minimum absolute atomic E-state index is 0.165. The Balaban J connectivity index is 2.47. The number of alkyl halides is 1. The first-order chi connectivity index (χ1) is 11.4. The number of rotatable bonds is 6. The van der Waals surface area contributed by atoms with Gasteiger partial charge in [0, 0.05) is 5.56 Å². The second kappa shape index (κ2) is 7.66. The molecule has 0 spiro atoms. The van der Waals surface area contributed by atoms with Crippen molar-refractivity contribution in [3.8, 4) is 5.75 Å². The summed E-state index contributed by atoms with van der Waals surface area (Å²) in [6.45, 7) is 5.14. The van der Waals surface area contributed by atoms with Crippen LogP contribution in [0, 0.1) is 0 Å². The molecule has 7 heteroatoms. The van der Waals surface area contributed by atoms with Crippen LogP contribution in [0.5, 0.6) is 5.75 Å². The van der Waals surface area contributed by atoms with E-state index in [4.69, 9.17) is 21.1 Å². The molecule has 0 aliphatic carbocycles. The Morgan fingerprint density at radius 3 is 2.67 bits per heavy atom. The number of hydrogen-bond donors (Lipinski definition) is 0. The monoisotopic (exact) mass is 353 g/mol. The van der Waals surface area contributed by atoms with E-state index in [1.807, 2.05) is 0 Å². The Bertz CT molecular complexity index is 658. The molecule has 0 aromatic heterocycles. The van der Waals surface area contributed by atoms with Crippen LogP contribution in [0.1, 0.15) is 37.6 Å². The van der Waals surface area contributed by atoms with Gasteiger partial charge in [-0.2, -0.15) is 0 Å². The number of esters is 1. The highest BCUT2D eigenvalue weighted by atomic mass is 35.5. The molecule has 1 amide bonds. The number of nitrogens with zero attached hydrogens (tertiary/aromatic N) is 1. The molecule has 1 aliphatic heterocycles. The van der Waals surface area contributed by atoms with Gasteiger partial charge in [-0.05, 0) is 38.5 Å². The molecule has 1 heterocycles. The Labute approximate surface area is 145 Å². The van der Waals surface area contributed by atoms with Crippen molar-refractivity contribution in [3.05, 3.63) is 23.8 Å². The molecular formula is C17H20ClNO5. The molecule has 0 saturated carbocycles. The largest absolute Gasteiger partial charge is 0.482 e. The predicted octanol–water partition coefficient (Wildman–Crippen LogP) is 2.56. The highest BCUT2D eigenvalue weighted by molar-refractivity contribution is 6.33. The number of carbonyl (C=O) groups is 3. The van der Waals surface area contributed by atoms with Crippen molar-refractivity contribution in [1.29, 1.82) is 0 Å². The normalized spacial score (nSPS) is 16.0. The van der Waals surface area contributed by atoms with Crippen LogP contribution in [-0.2, 0) is 14.3 Å². The zero-order valence-corrected chi connectivity index (χ0v) is 14.6. The highest BCUT2D eigenvalue weighted by Crippen LogP contribution is 2.35.